The van der Waals surface area contributed by atoms with Crippen LogP contribution in [0.2, 0.25) is 0 Å². The van der Waals surface area contributed by atoms with E-state index in [4.69, 9.17) is 24.0 Å². The Morgan fingerprint density at radius 2 is 1.95 bits per heavy atom. The number of nitrogens with one attached hydrogen (secondary N) is 1. The SMILES string of the molecule is C[C@]12CN(CC(F)(F)C1)c1nc(OC[C@@]34CCCN3C[C@H](F)C4)nc3c(F)c(ncc13)-c1cc(OCOP(=O)(O)O)cc3ccc(F)c(c13)CCCOC(=O)N2. The Bertz CT molecular complexity index is 2270. The predicted octanol–water partition coefficient (Wildman–Crippen LogP) is 5.80. The molecular weight excluding hydrogens is 770 g/mol. The highest BCUT2D eigenvalue weighted by atomic mass is 31.2. The number of piperidine rings is 1. The van der Waals surface area contributed by atoms with E-state index in [0.29, 0.717) is 18.4 Å². The maximum atomic E-state index is 17.3. The molecule has 4 aromatic rings. The number of aromatic nitrogens is 3. The molecule has 6 bridgehead atoms. The molecule has 14 nitrogen and oxygen atoms in total. The van der Waals surface area contributed by atoms with Crippen LogP contribution in [-0.4, -0.2) is 105 Å². The van der Waals surface area contributed by atoms with Crippen molar-refractivity contribution in [3.05, 3.63) is 47.7 Å². The maximum Gasteiger partial charge on any atom is 0.472 e. The molecule has 3 saturated heterocycles. The highest BCUT2D eigenvalue weighted by molar-refractivity contribution is 7.46. The van der Waals surface area contributed by atoms with Crippen LogP contribution in [0.25, 0.3) is 32.9 Å². The second-order valence-corrected chi connectivity index (χ2v) is 16.4. The number of fused-ring (bicyclic) bond motifs is 7. The van der Waals surface area contributed by atoms with E-state index >= 15 is 17.6 Å². The van der Waals surface area contributed by atoms with Gasteiger partial charge in [-0.05, 0) is 73.7 Å². The van der Waals surface area contributed by atoms with Crippen LogP contribution in [0.1, 0.15) is 44.6 Å². The van der Waals surface area contributed by atoms with Crippen molar-refractivity contribution in [2.75, 3.05) is 51.1 Å². The molecule has 0 radical (unpaired) electrons. The predicted molar refractivity (Wildman–Crippen MR) is 190 cm³/mol. The smallest absolute Gasteiger partial charge is 0.467 e. The van der Waals surface area contributed by atoms with Gasteiger partial charge in [0.2, 0.25) is 0 Å². The zero-order valence-corrected chi connectivity index (χ0v) is 31.0. The van der Waals surface area contributed by atoms with E-state index < -0.39 is 68.5 Å². The van der Waals surface area contributed by atoms with Crippen LogP contribution >= 0.6 is 7.82 Å². The number of halogens is 5. The van der Waals surface area contributed by atoms with Gasteiger partial charge in [0.05, 0.1) is 29.6 Å². The van der Waals surface area contributed by atoms with E-state index in [2.05, 4.69) is 24.8 Å². The standard InChI is InChI=1S/C36H38F5N6O8P/c1-34-15-36(40,41)17-46(16-34)31-25-13-42-29(28(39)30(25)43-32(44-31)53-18-35-7-3-8-47(35)14-21(37)12-35)24-11-22(54-19-55-56(49,50)51)10-20-5-6-26(38)23(27(20)24)4-2-9-52-33(48)45-34/h5-6,10-11,13,21H,2-4,7-9,12,14-19H2,1H3,(H,45,48)(H2,49,50,51)/t21-,34-,35+/m1/s1. The number of nitrogens with zero attached hydrogens (tertiary/aromatic N) is 5. The molecule has 0 unspecified atom stereocenters. The molecule has 300 valence electrons. The Morgan fingerprint density at radius 3 is 2.75 bits per heavy atom. The minimum Gasteiger partial charge on any atom is -0.467 e. The molecular formula is C36H38F5N6O8P. The molecule has 20 heteroatoms. The summed E-state index contributed by atoms with van der Waals surface area (Å²) in [6, 6.07) is 4.94. The second-order valence-electron chi connectivity index (χ2n) is 15.2. The van der Waals surface area contributed by atoms with Gasteiger partial charge in [0.25, 0.3) is 5.92 Å². The van der Waals surface area contributed by atoms with Crippen LogP contribution in [-0.2, 0) is 20.2 Å². The first kappa shape index (κ1) is 38.5. The average Bonchev–Trinajstić information content (AvgIpc) is 3.63. The summed E-state index contributed by atoms with van der Waals surface area (Å²) in [7, 11) is -4.93. The van der Waals surface area contributed by atoms with Crippen molar-refractivity contribution in [3.63, 3.8) is 0 Å². The lowest BCUT2D eigenvalue weighted by Gasteiger charge is -2.44. The summed E-state index contributed by atoms with van der Waals surface area (Å²) in [5, 5.41) is 3.01. The summed E-state index contributed by atoms with van der Waals surface area (Å²) in [4.78, 5) is 47.9. The Morgan fingerprint density at radius 1 is 1.12 bits per heavy atom. The molecule has 5 aliphatic heterocycles. The zero-order chi connectivity index (χ0) is 39.6. The molecule has 3 N–H and O–H groups in total. The van der Waals surface area contributed by atoms with E-state index in [1.165, 1.54) is 42.3 Å². The van der Waals surface area contributed by atoms with Crippen molar-refractivity contribution >= 4 is 41.4 Å². The fourth-order valence-electron chi connectivity index (χ4n) is 8.70. The number of amides is 1. The van der Waals surface area contributed by atoms with Gasteiger partial charge in [0.1, 0.15) is 41.4 Å². The van der Waals surface area contributed by atoms with Crippen LogP contribution in [0.4, 0.5) is 32.6 Å². The van der Waals surface area contributed by atoms with Gasteiger partial charge >= 0.3 is 19.9 Å². The lowest BCUT2D eigenvalue weighted by molar-refractivity contribution is -0.0390. The molecule has 0 spiro atoms. The largest absolute Gasteiger partial charge is 0.472 e. The summed E-state index contributed by atoms with van der Waals surface area (Å²) >= 11 is 0. The fourth-order valence-corrected chi connectivity index (χ4v) is 8.89. The number of carbonyl (C=O) groups excluding carboxylic acids is 1. The first-order valence-corrected chi connectivity index (χ1v) is 19.6. The molecule has 2 aromatic carbocycles. The van der Waals surface area contributed by atoms with Gasteiger partial charge in [-0.3, -0.25) is 9.88 Å². The van der Waals surface area contributed by atoms with E-state index in [1.54, 1.807) is 0 Å². The highest BCUT2D eigenvalue weighted by Crippen LogP contribution is 2.44. The third-order valence-electron chi connectivity index (χ3n) is 10.8. The maximum absolute atomic E-state index is 17.3. The Balaban J connectivity index is 1.32. The van der Waals surface area contributed by atoms with Crippen molar-refractivity contribution < 1.29 is 59.8 Å². The van der Waals surface area contributed by atoms with Gasteiger partial charge in [0.15, 0.2) is 12.6 Å². The summed E-state index contributed by atoms with van der Waals surface area (Å²) in [6.45, 7) is 0.0936. The highest BCUT2D eigenvalue weighted by Gasteiger charge is 2.50. The number of ether oxygens (including phenoxy) is 3. The third kappa shape index (κ3) is 7.54. The van der Waals surface area contributed by atoms with Crippen LogP contribution < -0.4 is 19.7 Å². The number of carbonyl (C=O) groups is 1. The third-order valence-corrected chi connectivity index (χ3v) is 11.3. The number of anilines is 1. The monoisotopic (exact) mass is 808 g/mol. The number of rotatable bonds is 7. The molecule has 2 aromatic heterocycles. The van der Waals surface area contributed by atoms with Crippen LogP contribution in [0.5, 0.6) is 11.8 Å². The molecule has 7 heterocycles. The fraction of sp³-hybridized carbons (Fsp3) is 0.500. The van der Waals surface area contributed by atoms with E-state index in [1.807, 2.05) is 4.90 Å². The van der Waals surface area contributed by atoms with E-state index in [-0.39, 0.29) is 96.3 Å². The number of aryl methyl sites for hydroxylation is 1. The average molecular weight is 809 g/mol. The van der Waals surface area contributed by atoms with Crippen molar-refractivity contribution in [1.29, 1.82) is 0 Å². The van der Waals surface area contributed by atoms with E-state index in [0.717, 1.165) is 6.42 Å². The number of benzene rings is 2. The summed E-state index contributed by atoms with van der Waals surface area (Å²) in [5.74, 6) is -5.29. The van der Waals surface area contributed by atoms with Crippen molar-refractivity contribution in [3.8, 4) is 23.0 Å². The van der Waals surface area contributed by atoms with E-state index in [9.17, 15) is 13.8 Å². The number of alkyl carbamates (subject to hydrolysis) is 1. The number of phosphoric ester groups is 1. The molecule has 0 aliphatic carbocycles. The normalized spacial score (nSPS) is 25.3. The topological polar surface area (TPSA) is 169 Å². The van der Waals surface area contributed by atoms with Crippen LogP contribution in [0.15, 0.2) is 30.5 Å². The molecule has 0 saturated carbocycles. The quantitative estimate of drug-likeness (QED) is 0.117. The van der Waals surface area contributed by atoms with Gasteiger partial charge in [-0.1, -0.05) is 6.07 Å². The summed E-state index contributed by atoms with van der Waals surface area (Å²) in [6.07, 6.45) is 0.129. The second kappa shape index (κ2) is 14.2. The van der Waals surface area contributed by atoms with Crippen molar-refractivity contribution in [1.82, 2.24) is 25.2 Å². The lowest BCUT2D eigenvalue weighted by Crippen LogP contribution is -2.63. The van der Waals surface area contributed by atoms with Gasteiger partial charge in [0, 0.05) is 37.7 Å². The molecule has 56 heavy (non-hydrogen) atoms. The molecule has 5 aliphatic rings. The van der Waals surface area contributed by atoms with Crippen LogP contribution in [0.3, 0.4) is 0 Å². The first-order chi connectivity index (χ1) is 26.5. The van der Waals surface area contributed by atoms with Gasteiger partial charge in [-0.2, -0.15) is 9.97 Å². The number of hydrogen-bond donors (Lipinski definition) is 3. The van der Waals surface area contributed by atoms with Crippen molar-refractivity contribution in [2.45, 2.75) is 68.6 Å². The minimum atomic E-state index is -4.93. The Labute approximate surface area is 316 Å². The van der Waals surface area contributed by atoms with Crippen molar-refractivity contribution in [2.24, 2.45) is 0 Å². The minimum absolute atomic E-state index is 0.00861. The van der Waals surface area contributed by atoms with Crippen LogP contribution in [0, 0.1) is 11.6 Å². The van der Waals surface area contributed by atoms with Gasteiger partial charge in [-0.15, -0.1) is 0 Å². The zero-order valence-electron chi connectivity index (χ0n) is 30.1. The first-order valence-electron chi connectivity index (χ1n) is 18.0. The van der Waals surface area contributed by atoms with Gasteiger partial charge < -0.3 is 34.2 Å². The Hall–Kier alpha value is -4.42. The number of phosphoric acid groups is 1. The number of hydrogen-bond acceptors (Lipinski definition) is 11. The summed E-state index contributed by atoms with van der Waals surface area (Å²) in [5.41, 5.74) is -2.85. The Kier molecular flexibility index (Phi) is 9.75. The van der Waals surface area contributed by atoms with Gasteiger partial charge in [-0.25, -0.2) is 35.8 Å². The molecule has 9 rings (SSSR count). The summed E-state index contributed by atoms with van der Waals surface area (Å²) < 4.78 is 112. The molecule has 3 fully saturated rings. The number of pyridine rings is 1. The molecule has 3 atom stereocenters. The number of alkyl halides is 3. The lowest BCUT2D eigenvalue weighted by atomic mass is 9.88. The molecule has 1 amide bonds.